The Hall–Kier alpha value is -3.01. The van der Waals surface area contributed by atoms with Crippen LogP contribution in [0.5, 0.6) is 11.5 Å². The number of thioether (sulfide) groups is 1. The highest BCUT2D eigenvalue weighted by Crippen LogP contribution is 2.28. The number of aromatic hydroxyl groups is 1. The Morgan fingerprint density at radius 1 is 1.21 bits per heavy atom. The molecule has 176 valence electrons. The Kier molecular flexibility index (Phi) is 8.01. The Morgan fingerprint density at radius 2 is 1.91 bits per heavy atom. The number of nitrogens with two attached hydrogens (primary N) is 1. The van der Waals surface area contributed by atoms with Crippen LogP contribution in [0.2, 0.25) is 0 Å². The maximum absolute atomic E-state index is 12.9. The van der Waals surface area contributed by atoms with Gasteiger partial charge in [0.25, 0.3) is 0 Å². The number of benzene rings is 2. The van der Waals surface area contributed by atoms with Crippen molar-refractivity contribution in [3.05, 3.63) is 65.2 Å². The standard InChI is InChI=1S/C24H28N2O6S/c1-13-9-17(7-8-21(13)33-2)32-20-12-15(11-19(28)22(20)29)24(31)26-18(23(25)30)10-14-3-5-16(27)6-4-14/h3-9,12,18-20,22,27-29H,10-11H2,1-2H3,(H2,25,30)(H,26,31)/t18-,19+,20+,22+/m0/s1. The largest absolute Gasteiger partial charge is 0.508 e. The molecule has 1 aliphatic rings. The number of carbonyl (C=O) groups is 2. The average Bonchev–Trinajstić information content (AvgIpc) is 2.77. The number of carbonyl (C=O) groups excluding carboxylic acids is 2. The van der Waals surface area contributed by atoms with Crippen molar-refractivity contribution in [3.63, 3.8) is 0 Å². The molecule has 8 nitrogen and oxygen atoms in total. The van der Waals surface area contributed by atoms with Crippen molar-refractivity contribution in [1.82, 2.24) is 5.32 Å². The van der Waals surface area contributed by atoms with Gasteiger partial charge in [0.1, 0.15) is 29.7 Å². The number of phenols is 1. The third kappa shape index (κ3) is 6.28. The first-order chi connectivity index (χ1) is 15.7. The molecule has 0 saturated carbocycles. The van der Waals surface area contributed by atoms with Crippen LogP contribution >= 0.6 is 11.8 Å². The van der Waals surface area contributed by atoms with E-state index in [2.05, 4.69) is 5.32 Å². The average molecular weight is 473 g/mol. The van der Waals surface area contributed by atoms with Crippen LogP contribution in [0.4, 0.5) is 0 Å². The van der Waals surface area contributed by atoms with Gasteiger partial charge in [-0.1, -0.05) is 12.1 Å². The van der Waals surface area contributed by atoms with Gasteiger partial charge >= 0.3 is 0 Å². The van der Waals surface area contributed by atoms with Gasteiger partial charge < -0.3 is 31.1 Å². The summed E-state index contributed by atoms with van der Waals surface area (Å²) in [5.74, 6) is -0.707. The quantitative estimate of drug-likeness (QED) is 0.366. The zero-order chi connectivity index (χ0) is 24.1. The molecule has 6 N–H and O–H groups in total. The van der Waals surface area contributed by atoms with E-state index in [0.29, 0.717) is 11.3 Å². The second-order valence-corrected chi connectivity index (χ2v) is 8.81. The first-order valence-electron chi connectivity index (χ1n) is 10.4. The molecule has 9 heteroatoms. The lowest BCUT2D eigenvalue weighted by Gasteiger charge is -2.31. The molecular weight excluding hydrogens is 444 g/mol. The molecule has 0 bridgehead atoms. The van der Waals surface area contributed by atoms with Gasteiger partial charge in [-0.05, 0) is 60.7 Å². The molecule has 0 spiro atoms. The molecule has 0 radical (unpaired) electrons. The number of aryl methyl sites for hydroxylation is 1. The van der Waals surface area contributed by atoms with Gasteiger partial charge in [0, 0.05) is 23.3 Å². The highest BCUT2D eigenvalue weighted by Gasteiger charge is 2.35. The number of nitrogens with one attached hydrogen (secondary N) is 1. The van der Waals surface area contributed by atoms with E-state index in [1.807, 2.05) is 25.3 Å². The summed E-state index contributed by atoms with van der Waals surface area (Å²) in [5.41, 5.74) is 7.37. The van der Waals surface area contributed by atoms with Gasteiger partial charge in [-0.2, -0.15) is 0 Å². The normalized spacial score (nSPS) is 21.1. The van der Waals surface area contributed by atoms with Gasteiger partial charge in [-0.3, -0.25) is 9.59 Å². The van der Waals surface area contributed by atoms with E-state index in [1.54, 1.807) is 30.0 Å². The number of primary amides is 1. The lowest BCUT2D eigenvalue weighted by atomic mass is 9.91. The van der Waals surface area contributed by atoms with Crippen molar-refractivity contribution < 1.29 is 29.6 Å². The third-order valence-corrected chi connectivity index (χ3v) is 6.38. The fraction of sp³-hybridized carbons (Fsp3) is 0.333. The number of aliphatic hydroxyl groups excluding tert-OH is 2. The summed E-state index contributed by atoms with van der Waals surface area (Å²) >= 11 is 1.60. The van der Waals surface area contributed by atoms with Crippen LogP contribution in [0.15, 0.2) is 59.0 Å². The fourth-order valence-corrected chi connectivity index (χ4v) is 4.21. The maximum atomic E-state index is 12.9. The lowest BCUT2D eigenvalue weighted by molar-refractivity contribution is -0.126. The molecule has 0 saturated heterocycles. The van der Waals surface area contributed by atoms with Gasteiger partial charge in [0.2, 0.25) is 11.8 Å². The van der Waals surface area contributed by atoms with E-state index >= 15 is 0 Å². The van der Waals surface area contributed by atoms with E-state index in [-0.39, 0.29) is 24.2 Å². The van der Waals surface area contributed by atoms with Crippen LogP contribution in [0.1, 0.15) is 17.5 Å². The van der Waals surface area contributed by atoms with Crippen LogP contribution in [-0.2, 0) is 16.0 Å². The Bertz CT molecular complexity index is 1040. The van der Waals surface area contributed by atoms with Gasteiger partial charge in [-0.25, -0.2) is 0 Å². The molecular formula is C24H28N2O6S. The zero-order valence-corrected chi connectivity index (χ0v) is 19.2. The van der Waals surface area contributed by atoms with Crippen molar-refractivity contribution in [1.29, 1.82) is 0 Å². The second kappa shape index (κ2) is 10.7. The SMILES string of the molecule is CSc1ccc(O[C@@H]2C=C(C(=O)N[C@@H](Cc3ccc(O)cc3)C(N)=O)C[C@@H](O)[C@H]2O)cc1C. The van der Waals surface area contributed by atoms with Crippen molar-refractivity contribution in [2.45, 2.75) is 49.0 Å². The molecule has 2 amide bonds. The number of ether oxygens (including phenoxy) is 1. The summed E-state index contributed by atoms with van der Waals surface area (Å²) in [4.78, 5) is 25.9. The van der Waals surface area contributed by atoms with E-state index in [4.69, 9.17) is 10.5 Å². The molecule has 0 aliphatic heterocycles. The molecule has 3 rings (SSSR count). The first kappa shape index (κ1) is 24.6. The number of hydrogen-bond donors (Lipinski definition) is 5. The molecule has 0 heterocycles. The number of amides is 2. The molecule has 0 aromatic heterocycles. The Labute approximate surface area is 196 Å². The summed E-state index contributed by atoms with van der Waals surface area (Å²) in [7, 11) is 0. The van der Waals surface area contributed by atoms with Crippen molar-refractivity contribution in [3.8, 4) is 11.5 Å². The summed E-state index contributed by atoms with van der Waals surface area (Å²) in [5, 5.41) is 32.7. The first-order valence-corrected chi connectivity index (χ1v) is 11.7. The minimum Gasteiger partial charge on any atom is -0.508 e. The highest BCUT2D eigenvalue weighted by atomic mass is 32.2. The smallest absolute Gasteiger partial charge is 0.247 e. The molecule has 33 heavy (non-hydrogen) atoms. The van der Waals surface area contributed by atoms with Gasteiger partial charge in [0.15, 0.2) is 0 Å². The lowest BCUT2D eigenvalue weighted by Crippen LogP contribution is -2.49. The maximum Gasteiger partial charge on any atom is 0.247 e. The van der Waals surface area contributed by atoms with E-state index in [9.17, 15) is 24.9 Å². The van der Waals surface area contributed by atoms with Crippen LogP contribution in [0.25, 0.3) is 0 Å². The van der Waals surface area contributed by atoms with Crippen LogP contribution in [0.3, 0.4) is 0 Å². The van der Waals surface area contributed by atoms with Gasteiger partial charge in [-0.15, -0.1) is 11.8 Å². The molecule has 0 fully saturated rings. The predicted molar refractivity (Wildman–Crippen MR) is 125 cm³/mol. The van der Waals surface area contributed by atoms with E-state index in [1.165, 1.54) is 18.2 Å². The predicted octanol–water partition coefficient (Wildman–Crippen LogP) is 1.43. The zero-order valence-electron chi connectivity index (χ0n) is 18.4. The van der Waals surface area contributed by atoms with E-state index in [0.717, 1.165) is 10.5 Å². The molecule has 2 aromatic rings. The van der Waals surface area contributed by atoms with Crippen molar-refractivity contribution in [2.75, 3.05) is 6.26 Å². The van der Waals surface area contributed by atoms with E-state index < -0.39 is 36.2 Å². The van der Waals surface area contributed by atoms with Crippen LogP contribution in [-0.4, -0.2) is 57.7 Å². The van der Waals surface area contributed by atoms with Crippen molar-refractivity contribution in [2.24, 2.45) is 5.73 Å². The molecule has 0 unspecified atom stereocenters. The minimum atomic E-state index is -1.22. The molecule has 2 aromatic carbocycles. The number of rotatable bonds is 8. The second-order valence-electron chi connectivity index (χ2n) is 7.97. The summed E-state index contributed by atoms with van der Waals surface area (Å²) in [6.45, 7) is 1.94. The fourth-order valence-electron chi connectivity index (χ4n) is 3.62. The number of phenolic OH excluding ortho intramolecular Hbond substituents is 1. The molecule has 1 aliphatic carbocycles. The topological polar surface area (TPSA) is 142 Å². The Balaban J connectivity index is 1.75. The van der Waals surface area contributed by atoms with Gasteiger partial charge in [0.05, 0.1) is 6.10 Å². The number of aliphatic hydroxyl groups is 2. The summed E-state index contributed by atoms with van der Waals surface area (Å²) in [6, 6.07) is 10.7. The van der Waals surface area contributed by atoms with Crippen LogP contribution in [0, 0.1) is 6.92 Å². The minimum absolute atomic E-state index is 0.0858. The summed E-state index contributed by atoms with van der Waals surface area (Å²) < 4.78 is 5.87. The van der Waals surface area contributed by atoms with Crippen molar-refractivity contribution >= 4 is 23.6 Å². The molecule has 4 atom stereocenters. The summed E-state index contributed by atoms with van der Waals surface area (Å²) in [6.07, 6.45) is 0.102. The highest BCUT2D eigenvalue weighted by molar-refractivity contribution is 7.98. The Morgan fingerprint density at radius 3 is 2.52 bits per heavy atom. The third-order valence-electron chi connectivity index (χ3n) is 5.48. The monoisotopic (exact) mass is 472 g/mol. The van der Waals surface area contributed by atoms with Crippen LogP contribution < -0.4 is 15.8 Å². The number of hydrogen-bond acceptors (Lipinski definition) is 7.